The fourth-order valence-corrected chi connectivity index (χ4v) is 3.01. The molecule has 0 radical (unpaired) electrons. The molecule has 1 aliphatic carbocycles. The van der Waals surface area contributed by atoms with Crippen molar-refractivity contribution in [3.8, 4) is 0 Å². The van der Waals surface area contributed by atoms with Crippen LogP contribution in [0.15, 0.2) is 0 Å². The number of hydrogen-bond acceptors (Lipinski definition) is 2. The van der Waals surface area contributed by atoms with Crippen molar-refractivity contribution in [2.24, 2.45) is 17.8 Å². The van der Waals surface area contributed by atoms with E-state index >= 15 is 0 Å². The highest BCUT2D eigenvalue weighted by Gasteiger charge is 2.24. The van der Waals surface area contributed by atoms with E-state index in [9.17, 15) is 4.79 Å². The molecule has 3 heteroatoms. The first-order valence-electron chi connectivity index (χ1n) is 7.24. The van der Waals surface area contributed by atoms with Crippen LogP contribution in [0.5, 0.6) is 0 Å². The maximum absolute atomic E-state index is 12.0. The predicted molar refractivity (Wildman–Crippen MR) is 69.7 cm³/mol. The second kappa shape index (κ2) is 6.39. The largest absolute Gasteiger partial charge is 0.356 e. The monoisotopic (exact) mass is 238 g/mol. The molecule has 2 aliphatic rings. The lowest BCUT2D eigenvalue weighted by Crippen LogP contribution is -2.40. The van der Waals surface area contributed by atoms with Gasteiger partial charge in [-0.2, -0.15) is 0 Å². The molecule has 1 atom stereocenters. The van der Waals surface area contributed by atoms with Crippen molar-refractivity contribution < 1.29 is 4.79 Å². The lowest BCUT2D eigenvalue weighted by molar-refractivity contribution is -0.126. The molecule has 1 unspecified atom stereocenters. The molecule has 1 aliphatic heterocycles. The number of piperidine rings is 1. The van der Waals surface area contributed by atoms with Gasteiger partial charge in [0.05, 0.1) is 0 Å². The van der Waals surface area contributed by atoms with Crippen LogP contribution in [0.3, 0.4) is 0 Å². The molecule has 1 heterocycles. The van der Waals surface area contributed by atoms with E-state index in [0.717, 1.165) is 38.4 Å². The van der Waals surface area contributed by atoms with Crippen molar-refractivity contribution >= 4 is 5.91 Å². The van der Waals surface area contributed by atoms with Crippen molar-refractivity contribution in [3.63, 3.8) is 0 Å². The lowest BCUT2D eigenvalue weighted by Gasteiger charge is -2.27. The highest BCUT2D eigenvalue weighted by molar-refractivity contribution is 5.78. The fraction of sp³-hybridized carbons (Fsp3) is 0.929. The van der Waals surface area contributed by atoms with Crippen LogP contribution >= 0.6 is 0 Å². The molecule has 17 heavy (non-hydrogen) atoms. The summed E-state index contributed by atoms with van der Waals surface area (Å²) in [5.41, 5.74) is 0. The van der Waals surface area contributed by atoms with Crippen LogP contribution in [0.25, 0.3) is 0 Å². The van der Waals surface area contributed by atoms with Gasteiger partial charge in [0.1, 0.15) is 0 Å². The van der Waals surface area contributed by atoms with Crippen molar-refractivity contribution in [1.29, 1.82) is 0 Å². The van der Waals surface area contributed by atoms with E-state index < -0.39 is 0 Å². The van der Waals surface area contributed by atoms with E-state index in [4.69, 9.17) is 0 Å². The molecule has 0 bridgehead atoms. The molecular weight excluding hydrogens is 212 g/mol. The summed E-state index contributed by atoms with van der Waals surface area (Å²) >= 11 is 0. The van der Waals surface area contributed by atoms with Gasteiger partial charge in [0.2, 0.25) is 5.91 Å². The summed E-state index contributed by atoms with van der Waals surface area (Å²) in [7, 11) is 0. The quantitative estimate of drug-likeness (QED) is 0.789. The second-order valence-corrected chi connectivity index (χ2v) is 5.91. The molecule has 1 amide bonds. The average Bonchev–Trinajstić information content (AvgIpc) is 2.38. The van der Waals surface area contributed by atoms with Gasteiger partial charge in [0.25, 0.3) is 0 Å². The van der Waals surface area contributed by atoms with Crippen molar-refractivity contribution in [3.05, 3.63) is 0 Å². The zero-order chi connectivity index (χ0) is 12.1. The molecule has 2 rings (SSSR count). The van der Waals surface area contributed by atoms with Crippen LogP contribution in [0, 0.1) is 17.8 Å². The molecule has 1 saturated heterocycles. The minimum absolute atomic E-state index is 0.294. The number of rotatable bonds is 3. The van der Waals surface area contributed by atoms with Crippen LogP contribution in [-0.4, -0.2) is 25.5 Å². The van der Waals surface area contributed by atoms with E-state index in [1.807, 2.05) is 0 Å². The Morgan fingerprint density at radius 1 is 1.24 bits per heavy atom. The summed E-state index contributed by atoms with van der Waals surface area (Å²) in [4.78, 5) is 12.0. The Morgan fingerprint density at radius 3 is 2.65 bits per heavy atom. The molecule has 0 aromatic heterocycles. The second-order valence-electron chi connectivity index (χ2n) is 5.91. The molecule has 3 nitrogen and oxygen atoms in total. The SMILES string of the molecule is CC1CCC(C(=O)NCC2CCCNC2)CC1. The zero-order valence-corrected chi connectivity index (χ0v) is 11.0. The first kappa shape index (κ1) is 12.9. The number of hydrogen-bond donors (Lipinski definition) is 2. The summed E-state index contributed by atoms with van der Waals surface area (Å²) in [5, 5.41) is 6.55. The molecule has 2 fully saturated rings. The maximum Gasteiger partial charge on any atom is 0.223 e. The Labute approximate surface area is 105 Å². The number of nitrogens with one attached hydrogen (secondary N) is 2. The number of amides is 1. The average molecular weight is 238 g/mol. The number of carbonyl (C=O) groups is 1. The zero-order valence-electron chi connectivity index (χ0n) is 11.0. The van der Waals surface area contributed by atoms with Crippen molar-refractivity contribution in [2.75, 3.05) is 19.6 Å². The minimum atomic E-state index is 0.294. The summed E-state index contributed by atoms with van der Waals surface area (Å²) < 4.78 is 0. The van der Waals surface area contributed by atoms with Crippen LogP contribution in [-0.2, 0) is 4.79 Å². The third-order valence-corrected chi connectivity index (χ3v) is 4.35. The summed E-state index contributed by atoms with van der Waals surface area (Å²) in [6, 6.07) is 0. The van der Waals surface area contributed by atoms with Gasteiger partial charge in [-0.05, 0) is 63.5 Å². The first-order valence-corrected chi connectivity index (χ1v) is 7.24. The molecule has 0 spiro atoms. The molecule has 98 valence electrons. The minimum Gasteiger partial charge on any atom is -0.356 e. The number of carbonyl (C=O) groups excluding carboxylic acids is 1. The van der Waals surface area contributed by atoms with Gasteiger partial charge in [-0.3, -0.25) is 4.79 Å². The van der Waals surface area contributed by atoms with Gasteiger partial charge in [0.15, 0.2) is 0 Å². The fourth-order valence-electron chi connectivity index (χ4n) is 3.01. The predicted octanol–water partition coefficient (Wildman–Crippen LogP) is 1.93. The third-order valence-electron chi connectivity index (χ3n) is 4.35. The topological polar surface area (TPSA) is 41.1 Å². The molecule has 0 aromatic carbocycles. The molecule has 1 saturated carbocycles. The highest BCUT2D eigenvalue weighted by atomic mass is 16.1. The van der Waals surface area contributed by atoms with Gasteiger partial charge in [-0.15, -0.1) is 0 Å². The van der Waals surface area contributed by atoms with Crippen LogP contribution < -0.4 is 10.6 Å². The van der Waals surface area contributed by atoms with E-state index in [-0.39, 0.29) is 0 Å². The van der Waals surface area contributed by atoms with Gasteiger partial charge in [-0.25, -0.2) is 0 Å². The van der Waals surface area contributed by atoms with Gasteiger partial charge in [0, 0.05) is 12.5 Å². The Hall–Kier alpha value is -0.570. The first-order chi connectivity index (χ1) is 8.25. The molecule has 2 N–H and O–H groups in total. The summed E-state index contributed by atoms with van der Waals surface area (Å²) in [6.07, 6.45) is 7.15. The third kappa shape index (κ3) is 3.98. The van der Waals surface area contributed by atoms with Crippen LogP contribution in [0.4, 0.5) is 0 Å². The Morgan fingerprint density at radius 2 is 2.00 bits per heavy atom. The lowest BCUT2D eigenvalue weighted by atomic mass is 9.82. The highest BCUT2D eigenvalue weighted by Crippen LogP contribution is 2.28. The summed E-state index contributed by atoms with van der Waals surface area (Å²) in [5.74, 6) is 2.07. The Bertz CT molecular complexity index is 241. The smallest absolute Gasteiger partial charge is 0.223 e. The van der Waals surface area contributed by atoms with Gasteiger partial charge in [-0.1, -0.05) is 6.92 Å². The van der Waals surface area contributed by atoms with Crippen LogP contribution in [0.1, 0.15) is 45.4 Å². The van der Waals surface area contributed by atoms with E-state index in [1.165, 1.54) is 25.7 Å². The van der Waals surface area contributed by atoms with Crippen molar-refractivity contribution in [2.45, 2.75) is 45.4 Å². The standard InChI is InChI=1S/C14H26N2O/c1-11-4-6-13(7-5-11)14(17)16-10-12-3-2-8-15-9-12/h11-13,15H,2-10H2,1H3,(H,16,17). The molecule has 0 aromatic rings. The van der Waals surface area contributed by atoms with Gasteiger partial charge >= 0.3 is 0 Å². The van der Waals surface area contributed by atoms with E-state index in [2.05, 4.69) is 17.6 Å². The maximum atomic E-state index is 12.0. The summed E-state index contributed by atoms with van der Waals surface area (Å²) in [6.45, 7) is 5.38. The van der Waals surface area contributed by atoms with E-state index in [1.54, 1.807) is 0 Å². The van der Waals surface area contributed by atoms with Crippen molar-refractivity contribution in [1.82, 2.24) is 10.6 Å². The Kier molecular flexibility index (Phi) is 4.84. The van der Waals surface area contributed by atoms with Gasteiger partial charge < -0.3 is 10.6 Å². The normalized spacial score (nSPS) is 34.3. The van der Waals surface area contributed by atoms with E-state index in [0.29, 0.717) is 17.7 Å². The Balaban J connectivity index is 1.66. The van der Waals surface area contributed by atoms with Crippen LogP contribution in [0.2, 0.25) is 0 Å². The molecular formula is C14H26N2O.